The Kier molecular flexibility index (Phi) is 4.09. The topological polar surface area (TPSA) is 44.3 Å². The lowest BCUT2D eigenvalue weighted by Crippen LogP contribution is -2.28. The first-order chi connectivity index (χ1) is 7.79. The lowest BCUT2D eigenvalue weighted by Gasteiger charge is -2.18. The van der Waals surface area contributed by atoms with Crippen LogP contribution in [0.3, 0.4) is 0 Å². The molecule has 0 aliphatic carbocycles. The van der Waals surface area contributed by atoms with E-state index in [1.165, 1.54) is 24.5 Å². The number of hydrogen-bond acceptors (Lipinski definition) is 6. The summed E-state index contributed by atoms with van der Waals surface area (Å²) in [6.45, 7) is 5.54. The summed E-state index contributed by atoms with van der Waals surface area (Å²) in [4.78, 5) is 4.85. The number of aromatic nitrogens is 2. The predicted molar refractivity (Wildman–Crippen MR) is 66.8 cm³/mol. The van der Waals surface area contributed by atoms with Crippen molar-refractivity contribution in [2.45, 2.75) is 13.0 Å². The number of likely N-dealkylation sites (N-methyl/N-ethyl adjacent to an activating group) is 1. The summed E-state index contributed by atoms with van der Waals surface area (Å²) < 4.78 is 3.99. The van der Waals surface area contributed by atoms with E-state index in [1.54, 1.807) is 0 Å². The Labute approximate surface area is 101 Å². The molecule has 90 valence electrons. The van der Waals surface area contributed by atoms with Gasteiger partial charge in [-0.1, -0.05) is 4.49 Å². The molecule has 5 nitrogen and oxygen atoms in total. The quantitative estimate of drug-likeness (QED) is 0.844. The third kappa shape index (κ3) is 2.90. The lowest BCUT2D eigenvalue weighted by molar-refractivity contribution is 0.267. The van der Waals surface area contributed by atoms with Gasteiger partial charge >= 0.3 is 0 Å². The molecule has 2 heterocycles. The standard InChI is InChI=1S/C10H19N5S/c1-11-10-9(12-13-16-10)8-15-5-3-4-14(2)6-7-15/h11H,3-8H2,1-2H3. The predicted octanol–water partition coefficient (Wildman–Crippen LogP) is 0.717. The van der Waals surface area contributed by atoms with Gasteiger partial charge in [0.2, 0.25) is 0 Å². The second-order valence-electron chi connectivity index (χ2n) is 4.23. The summed E-state index contributed by atoms with van der Waals surface area (Å²) in [5, 5.41) is 8.42. The molecule has 0 unspecified atom stereocenters. The normalized spacial score (nSPS) is 19.6. The average Bonchev–Trinajstić information content (AvgIpc) is 2.63. The third-order valence-corrected chi connectivity index (χ3v) is 3.75. The van der Waals surface area contributed by atoms with E-state index >= 15 is 0 Å². The maximum absolute atomic E-state index is 4.18. The molecule has 0 radical (unpaired) electrons. The Morgan fingerprint density at radius 3 is 3.00 bits per heavy atom. The van der Waals surface area contributed by atoms with Crippen molar-refractivity contribution in [1.82, 2.24) is 19.4 Å². The molecule has 1 fully saturated rings. The Bertz CT molecular complexity index is 327. The molecule has 16 heavy (non-hydrogen) atoms. The first kappa shape index (κ1) is 11.8. The highest BCUT2D eigenvalue weighted by atomic mass is 32.1. The van der Waals surface area contributed by atoms with Gasteiger partial charge in [0.05, 0.1) is 0 Å². The zero-order valence-electron chi connectivity index (χ0n) is 9.94. The lowest BCUT2D eigenvalue weighted by atomic mass is 10.3. The van der Waals surface area contributed by atoms with E-state index in [1.807, 2.05) is 7.05 Å². The molecule has 0 aromatic carbocycles. The van der Waals surface area contributed by atoms with E-state index in [0.717, 1.165) is 36.9 Å². The second-order valence-corrected chi connectivity index (χ2v) is 4.99. The second kappa shape index (κ2) is 5.56. The number of rotatable bonds is 3. The largest absolute Gasteiger partial charge is 0.377 e. The minimum absolute atomic E-state index is 0.917. The van der Waals surface area contributed by atoms with Crippen LogP contribution >= 0.6 is 11.5 Å². The molecule has 0 saturated carbocycles. The van der Waals surface area contributed by atoms with Gasteiger partial charge in [-0.15, -0.1) is 5.10 Å². The van der Waals surface area contributed by atoms with Crippen LogP contribution in [0.1, 0.15) is 12.1 Å². The van der Waals surface area contributed by atoms with Crippen molar-refractivity contribution in [1.29, 1.82) is 0 Å². The maximum Gasteiger partial charge on any atom is 0.134 e. The van der Waals surface area contributed by atoms with Gasteiger partial charge in [0.25, 0.3) is 0 Å². The Morgan fingerprint density at radius 1 is 1.31 bits per heavy atom. The SMILES string of the molecule is CNc1snnc1CN1CCCN(C)CC1. The van der Waals surface area contributed by atoms with E-state index in [4.69, 9.17) is 0 Å². The highest BCUT2D eigenvalue weighted by Crippen LogP contribution is 2.18. The first-order valence-electron chi connectivity index (χ1n) is 5.69. The fraction of sp³-hybridized carbons (Fsp3) is 0.800. The van der Waals surface area contributed by atoms with Crippen LogP contribution in [0.2, 0.25) is 0 Å². The van der Waals surface area contributed by atoms with E-state index < -0.39 is 0 Å². The number of hydrogen-bond donors (Lipinski definition) is 1. The molecule has 6 heteroatoms. The van der Waals surface area contributed by atoms with Crippen molar-refractivity contribution in [2.75, 3.05) is 45.6 Å². The summed E-state index contributed by atoms with van der Waals surface area (Å²) >= 11 is 1.43. The van der Waals surface area contributed by atoms with Gasteiger partial charge in [0, 0.05) is 38.2 Å². The summed E-state index contributed by atoms with van der Waals surface area (Å²) in [6, 6.07) is 0. The highest BCUT2D eigenvalue weighted by molar-refractivity contribution is 7.10. The molecule has 1 aromatic heterocycles. The van der Waals surface area contributed by atoms with Gasteiger partial charge in [-0.3, -0.25) is 4.90 Å². The summed E-state index contributed by atoms with van der Waals surface area (Å²) in [5.74, 6) is 0. The van der Waals surface area contributed by atoms with Crippen LogP contribution in [0.5, 0.6) is 0 Å². The molecule has 0 atom stereocenters. The molecule has 0 amide bonds. The average molecular weight is 241 g/mol. The van der Waals surface area contributed by atoms with Crippen LogP contribution in [0, 0.1) is 0 Å². The van der Waals surface area contributed by atoms with Crippen molar-refractivity contribution in [3.8, 4) is 0 Å². The maximum atomic E-state index is 4.18. The van der Waals surface area contributed by atoms with E-state index in [0.29, 0.717) is 0 Å². The third-order valence-electron chi connectivity index (χ3n) is 2.97. The highest BCUT2D eigenvalue weighted by Gasteiger charge is 2.15. The fourth-order valence-electron chi connectivity index (χ4n) is 1.97. The van der Waals surface area contributed by atoms with Crippen LogP contribution in [0.4, 0.5) is 5.00 Å². The zero-order chi connectivity index (χ0) is 11.4. The van der Waals surface area contributed by atoms with Crippen molar-refractivity contribution in [3.63, 3.8) is 0 Å². The Morgan fingerprint density at radius 2 is 2.19 bits per heavy atom. The molecule has 0 bridgehead atoms. The first-order valence-corrected chi connectivity index (χ1v) is 6.47. The van der Waals surface area contributed by atoms with Gasteiger partial charge in [-0.25, -0.2) is 0 Å². The smallest absolute Gasteiger partial charge is 0.134 e. The summed E-state index contributed by atoms with van der Waals surface area (Å²) in [7, 11) is 4.11. The number of nitrogens with zero attached hydrogens (tertiary/aromatic N) is 4. The van der Waals surface area contributed by atoms with Gasteiger partial charge < -0.3 is 10.2 Å². The minimum Gasteiger partial charge on any atom is -0.377 e. The number of anilines is 1. The van der Waals surface area contributed by atoms with Crippen LogP contribution in [0.15, 0.2) is 0 Å². The molecular weight excluding hydrogens is 222 g/mol. The monoisotopic (exact) mass is 241 g/mol. The summed E-state index contributed by atoms with van der Waals surface area (Å²) in [5.41, 5.74) is 1.08. The molecule has 1 saturated heterocycles. The molecule has 0 spiro atoms. The van der Waals surface area contributed by atoms with E-state index in [2.05, 4.69) is 31.8 Å². The van der Waals surface area contributed by atoms with Crippen molar-refractivity contribution in [2.24, 2.45) is 0 Å². The Hall–Kier alpha value is -0.720. The molecular formula is C10H19N5S. The van der Waals surface area contributed by atoms with Crippen LogP contribution in [0.25, 0.3) is 0 Å². The van der Waals surface area contributed by atoms with Crippen molar-refractivity contribution in [3.05, 3.63) is 5.69 Å². The Balaban J connectivity index is 1.93. The fourth-order valence-corrected chi connectivity index (χ4v) is 2.49. The molecule has 1 aliphatic heterocycles. The minimum atomic E-state index is 0.917. The zero-order valence-corrected chi connectivity index (χ0v) is 10.8. The van der Waals surface area contributed by atoms with Crippen LogP contribution < -0.4 is 5.32 Å². The van der Waals surface area contributed by atoms with Gasteiger partial charge in [-0.2, -0.15) is 0 Å². The molecule has 1 aromatic rings. The summed E-state index contributed by atoms with van der Waals surface area (Å²) in [6.07, 6.45) is 1.24. The van der Waals surface area contributed by atoms with Gasteiger partial charge in [0.1, 0.15) is 10.7 Å². The van der Waals surface area contributed by atoms with Gasteiger partial charge in [0.15, 0.2) is 0 Å². The van der Waals surface area contributed by atoms with Crippen LogP contribution in [-0.2, 0) is 6.54 Å². The van der Waals surface area contributed by atoms with E-state index in [9.17, 15) is 0 Å². The van der Waals surface area contributed by atoms with Crippen molar-refractivity contribution < 1.29 is 0 Å². The van der Waals surface area contributed by atoms with E-state index in [-0.39, 0.29) is 0 Å². The molecule has 2 rings (SSSR count). The molecule has 1 N–H and O–H groups in total. The van der Waals surface area contributed by atoms with Crippen LogP contribution in [-0.4, -0.2) is 59.7 Å². The molecule has 1 aliphatic rings. The van der Waals surface area contributed by atoms with Crippen molar-refractivity contribution >= 4 is 16.5 Å². The number of nitrogens with one attached hydrogen (secondary N) is 1. The van der Waals surface area contributed by atoms with Gasteiger partial charge in [-0.05, 0) is 26.6 Å².